The van der Waals surface area contributed by atoms with Gasteiger partial charge in [0.1, 0.15) is 6.04 Å². The molecule has 0 aromatic heterocycles. The van der Waals surface area contributed by atoms with Gasteiger partial charge in [-0.2, -0.15) is 13.2 Å². The number of rotatable bonds is 2. The van der Waals surface area contributed by atoms with E-state index in [2.05, 4.69) is 0 Å². The number of nitrogens with two attached hydrogens (primary N) is 1. The highest BCUT2D eigenvalue weighted by molar-refractivity contribution is 4.94. The molecule has 0 bridgehead atoms. The van der Waals surface area contributed by atoms with Crippen molar-refractivity contribution in [3.63, 3.8) is 0 Å². The van der Waals surface area contributed by atoms with E-state index in [1.165, 1.54) is 4.90 Å². The average molecular weight is 196 g/mol. The molecule has 1 rings (SSSR count). The van der Waals surface area contributed by atoms with Crippen molar-refractivity contribution in [3.8, 4) is 0 Å². The largest absolute Gasteiger partial charge is 0.405 e. The van der Waals surface area contributed by atoms with Crippen molar-refractivity contribution in [2.45, 2.75) is 38.0 Å². The molecule has 1 fully saturated rings. The summed E-state index contributed by atoms with van der Waals surface area (Å²) in [6.45, 7) is 2.83. The molecular weight excluding hydrogens is 181 g/mol. The third-order valence-corrected chi connectivity index (χ3v) is 2.39. The Balaban J connectivity index is 2.65. The quantitative estimate of drug-likeness (QED) is 0.722. The fourth-order valence-electron chi connectivity index (χ4n) is 1.87. The first-order valence-electron chi connectivity index (χ1n) is 4.53. The maximum Gasteiger partial charge on any atom is 0.405 e. The fourth-order valence-corrected chi connectivity index (χ4v) is 1.87. The minimum atomic E-state index is -4.18. The second-order valence-electron chi connectivity index (χ2n) is 3.47. The van der Waals surface area contributed by atoms with Crippen LogP contribution in [-0.2, 0) is 0 Å². The summed E-state index contributed by atoms with van der Waals surface area (Å²) in [6, 6.07) is -2.17. The Morgan fingerprint density at radius 3 is 2.54 bits per heavy atom. The number of hydrogen-bond donors (Lipinski definition) is 1. The van der Waals surface area contributed by atoms with Crippen LogP contribution in [0.4, 0.5) is 13.2 Å². The first-order chi connectivity index (χ1) is 5.96. The lowest BCUT2D eigenvalue weighted by Gasteiger charge is -2.28. The highest BCUT2D eigenvalue weighted by Gasteiger charge is 2.49. The van der Waals surface area contributed by atoms with Crippen LogP contribution in [-0.4, -0.2) is 36.2 Å². The molecular formula is C8H15F3N2. The van der Waals surface area contributed by atoms with E-state index in [-0.39, 0.29) is 0 Å². The maximum absolute atomic E-state index is 12.5. The lowest BCUT2D eigenvalue weighted by Crippen LogP contribution is -2.49. The van der Waals surface area contributed by atoms with Crippen molar-refractivity contribution in [2.24, 2.45) is 5.73 Å². The highest BCUT2D eigenvalue weighted by Crippen LogP contribution is 2.31. The molecule has 2 nitrogen and oxygen atoms in total. The Morgan fingerprint density at radius 1 is 1.46 bits per heavy atom. The van der Waals surface area contributed by atoms with Gasteiger partial charge in [0.05, 0.1) is 0 Å². The monoisotopic (exact) mass is 196 g/mol. The number of halogens is 3. The van der Waals surface area contributed by atoms with E-state index in [1.54, 1.807) is 0 Å². The van der Waals surface area contributed by atoms with Crippen molar-refractivity contribution in [1.82, 2.24) is 4.90 Å². The molecule has 1 heterocycles. The van der Waals surface area contributed by atoms with E-state index in [0.29, 0.717) is 19.5 Å². The molecule has 0 spiro atoms. The number of likely N-dealkylation sites (tertiary alicyclic amines) is 1. The lowest BCUT2D eigenvalue weighted by molar-refractivity contribution is -0.178. The van der Waals surface area contributed by atoms with E-state index in [4.69, 9.17) is 5.73 Å². The van der Waals surface area contributed by atoms with Crippen LogP contribution in [0, 0.1) is 0 Å². The molecule has 2 N–H and O–H groups in total. The first kappa shape index (κ1) is 10.8. The van der Waals surface area contributed by atoms with Crippen LogP contribution < -0.4 is 5.73 Å². The minimum absolute atomic E-state index is 0.449. The molecule has 2 atom stereocenters. The Morgan fingerprint density at radius 2 is 2.08 bits per heavy atom. The van der Waals surface area contributed by atoms with Crippen molar-refractivity contribution in [3.05, 3.63) is 0 Å². The second-order valence-corrected chi connectivity index (χ2v) is 3.47. The lowest BCUT2D eigenvalue weighted by atomic mass is 10.1. The third kappa shape index (κ3) is 2.34. The normalized spacial score (nSPS) is 31.2. The topological polar surface area (TPSA) is 29.3 Å². The van der Waals surface area contributed by atoms with Crippen LogP contribution in [0.25, 0.3) is 0 Å². The molecule has 0 aliphatic carbocycles. The first-order valence-corrected chi connectivity index (χ1v) is 4.53. The van der Waals surface area contributed by atoms with E-state index in [1.807, 2.05) is 6.92 Å². The van der Waals surface area contributed by atoms with Crippen molar-refractivity contribution >= 4 is 0 Å². The number of hydrogen-bond acceptors (Lipinski definition) is 2. The third-order valence-electron chi connectivity index (χ3n) is 2.39. The summed E-state index contributed by atoms with van der Waals surface area (Å²) in [7, 11) is 0. The number of nitrogens with zero attached hydrogens (tertiary/aromatic N) is 1. The zero-order valence-corrected chi connectivity index (χ0v) is 7.64. The summed E-state index contributed by atoms with van der Waals surface area (Å²) in [4.78, 5) is 1.44. The smallest absolute Gasteiger partial charge is 0.326 e. The molecule has 0 amide bonds. The minimum Gasteiger partial charge on any atom is -0.326 e. The Bertz CT molecular complexity index is 167. The van der Waals surface area contributed by atoms with E-state index < -0.39 is 18.3 Å². The fraction of sp³-hybridized carbons (Fsp3) is 1.00. The molecule has 13 heavy (non-hydrogen) atoms. The molecule has 0 aromatic rings. The Kier molecular flexibility index (Phi) is 3.18. The molecule has 78 valence electrons. The summed E-state index contributed by atoms with van der Waals surface area (Å²) in [6.07, 6.45) is -2.99. The van der Waals surface area contributed by atoms with Crippen LogP contribution in [0.3, 0.4) is 0 Å². The van der Waals surface area contributed by atoms with Gasteiger partial charge in [-0.25, -0.2) is 0 Å². The summed E-state index contributed by atoms with van der Waals surface area (Å²) < 4.78 is 37.4. The molecule has 0 radical (unpaired) electrons. The summed E-state index contributed by atoms with van der Waals surface area (Å²) in [5.41, 5.74) is 5.42. The maximum atomic E-state index is 12.5. The molecule has 1 saturated heterocycles. The van der Waals surface area contributed by atoms with E-state index >= 15 is 0 Å². The molecule has 1 aliphatic rings. The van der Waals surface area contributed by atoms with Gasteiger partial charge in [-0.05, 0) is 19.4 Å². The molecule has 0 aromatic carbocycles. The van der Waals surface area contributed by atoms with Crippen molar-refractivity contribution < 1.29 is 13.2 Å². The summed E-state index contributed by atoms with van der Waals surface area (Å²) >= 11 is 0. The predicted octanol–water partition coefficient (Wildman–Crippen LogP) is 1.36. The zero-order chi connectivity index (χ0) is 10.1. The predicted molar refractivity (Wildman–Crippen MR) is 44.3 cm³/mol. The van der Waals surface area contributed by atoms with Gasteiger partial charge in [-0.1, -0.05) is 6.92 Å². The van der Waals surface area contributed by atoms with Crippen LogP contribution in [0.15, 0.2) is 0 Å². The zero-order valence-electron chi connectivity index (χ0n) is 7.64. The Labute approximate surface area is 75.9 Å². The van der Waals surface area contributed by atoms with Crippen molar-refractivity contribution in [2.75, 3.05) is 13.1 Å². The van der Waals surface area contributed by atoms with Gasteiger partial charge in [-0.3, -0.25) is 4.90 Å². The van der Waals surface area contributed by atoms with Crippen LogP contribution in [0.1, 0.15) is 19.8 Å². The molecule has 0 unspecified atom stereocenters. The van der Waals surface area contributed by atoms with Gasteiger partial charge < -0.3 is 5.73 Å². The number of alkyl halides is 3. The SMILES string of the molecule is CCCN1CC[C@@H](N)[C@@H]1C(F)(F)F. The van der Waals surface area contributed by atoms with Gasteiger partial charge in [0.25, 0.3) is 0 Å². The van der Waals surface area contributed by atoms with Crippen LogP contribution in [0.5, 0.6) is 0 Å². The van der Waals surface area contributed by atoms with Gasteiger partial charge >= 0.3 is 6.18 Å². The van der Waals surface area contributed by atoms with Crippen LogP contribution >= 0.6 is 0 Å². The summed E-state index contributed by atoms with van der Waals surface area (Å²) in [5, 5.41) is 0. The summed E-state index contributed by atoms with van der Waals surface area (Å²) in [5.74, 6) is 0. The van der Waals surface area contributed by atoms with E-state index in [9.17, 15) is 13.2 Å². The van der Waals surface area contributed by atoms with Gasteiger partial charge in [0.2, 0.25) is 0 Å². The molecule has 1 aliphatic heterocycles. The molecule has 0 saturated carbocycles. The highest BCUT2D eigenvalue weighted by atomic mass is 19.4. The van der Waals surface area contributed by atoms with Gasteiger partial charge in [-0.15, -0.1) is 0 Å². The molecule has 5 heteroatoms. The van der Waals surface area contributed by atoms with Gasteiger partial charge in [0, 0.05) is 12.6 Å². The van der Waals surface area contributed by atoms with Crippen molar-refractivity contribution in [1.29, 1.82) is 0 Å². The average Bonchev–Trinajstić information content (AvgIpc) is 2.31. The van der Waals surface area contributed by atoms with E-state index in [0.717, 1.165) is 6.42 Å². The standard InChI is InChI=1S/C8H15F3N2/c1-2-4-13-5-3-6(12)7(13)8(9,10)11/h6-7H,2-5,12H2,1H3/t6-,7-/m1/s1. The second kappa shape index (κ2) is 3.84. The van der Waals surface area contributed by atoms with Gasteiger partial charge in [0.15, 0.2) is 0 Å². The Hall–Kier alpha value is -0.290. The van der Waals surface area contributed by atoms with Crippen LogP contribution in [0.2, 0.25) is 0 Å².